The molecule has 0 saturated carbocycles. The number of halogens is 4. The quantitative estimate of drug-likeness (QED) is 0.780. The Kier molecular flexibility index (Phi) is 4.21. The predicted molar refractivity (Wildman–Crippen MR) is 76.7 cm³/mol. The SMILES string of the molecule is O=C(O)c1ncccc1-c1c(Cl)c(Cl)cc(Cl)c1Cl. The summed E-state index contributed by atoms with van der Waals surface area (Å²) in [5.74, 6) is -1.20. The van der Waals surface area contributed by atoms with Crippen LogP contribution in [0, 0.1) is 0 Å². The van der Waals surface area contributed by atoms with Gasteiger partial charge in [0.05, 0.1) is 20.1 Å². The van der Waals surface area contributed by atoms with E-state index >= 15 is 0 Å². The first-order valence-corrected chi connectivity index (χ1v) is 6.46. The van der Waals surface area contributed by atoms with Crippen LogP contribution in [0.2, 0.25) is 20.1 Å². The van der Waals surface area contributed by atoms with Gasteiger partial charge in [-0.15, -0.1) is 0 Å². The molecule has 1 aromatic heterocycles. The highest BCUT2D eigenvalue weighted by atomic mass is 35.5. The first-order valence-electron chi connectivity index (χ1n) is 4.95. The van der Waals surface area contributed by atoms with E-state index in [4.69, 9.17) is 51.5 Å². The van der Waals surface area contributed by atoms with Gasteiger partial charge >= 0.3 is 5.97 Å². The van der Waals surface area contributed by atoms with E-state index in [1.807, 2.05) is 0 Å². The second kappa shape index (κ2) is 5.55. The van der Waals surface area contributed by atoms with Crippen molar-refractivity contribution in [1.29, 1.82) is 0 Å². The third kappa shape index (κ3) is 2.65. The maximum Gasteiger partial charge on any atom is 0.355 e. The zero-order valence-electron chi connectivity index (χ0n) is 9.12. The molecule has 0 radical (unpaired) electrons. The molecule has 0 saturated heterocycles. The lowest BCUT2D eigenvalue weighted by Gasteiger charge is -2.12. The fraction of sp³-hybridized carbons (Fsp3) is 0. The lowest BCUT2D eigenvalue weighted by molar-refractivity contribution is 0.0691. The van der Waals surface area contributed by atoms with Crippen LogP contribution < -0.4 is 0 Å². The molecule has 19 heavy (non-hydrogen) atoms. The van der Waals surface area contributed by atoms with Crippen molar-refractivity contribution in [1.82, 2.24) is 4.98 Å². The number of rotatable bonds is 2. The molecule has 0 spiro atoms. The number of benzene rings is 1. The third-order valence-electron chi connectivity index (χ3n) is 2.39. The van der Waals surface area contributed by atoms with Crippen LogP contribution in [0.25, 0.3) is 11.1 Å². The highest BCUT2D eigenvalue weighted by molar-refractivity contribution is 6.50. The van der Waals surface area contributed by atoms with Gasteiger partial charge in [-0.2, -0.15) is 0 Å². The number of carboxylic acid groups (broad SMARTS) is 1. The Bertz CT molecular complexity index is 647. The minimum Gasteiger partial charge on any atom is -0.476 e. The zero-order chi connectivity index (χ0) is 14.2. The summed E-state index contributed by atoms with van der Waals surface area (Å²) in [6.45, 7) is 0. The van der Waals surface area contributed by atoms with Crippen molar-refractivity contribution in [2.45, 2.75) is 0 Å². The number of aromatic nitrogens is 1. The van der Waals surface area contributed by atoms with Gasteiger partial charge in [0.1, 0.15) is 0 Å². The maximum absolute atomic E-state index is 11.2. The Morgan fingerprint density at radius 1 is 1.11 bits per heavy atom. The molecule has 0 aliphatic carbocycles. The monoisotopic (exact) mass is 335 g/mol. The standard InChI is InChI=1S/C12H5Cl4NO2/c13-6-4-7(14)10(16)8(9(6)15)5-2-1-3-17-11(5)12(18)19/h1-4H,(H,18,19). The second-order valence-corrected chi connectivity index (χ2v) is 5.12. The van der Waals surface area contributed by atoms with E-state index in [2.05, 4.69) is 4.98 Å². The molecule has 2 rings (SSSR count). The summed E-state index contributed by atoms with van der Waals surface area (Å²) in [6, 6.07) is 4.51. The van der Waals surface area contributed by atoms with Crippen molar-refractivity contribution >= 4 is 52.4 Å². The molecule has 0 aliphatic heterocycles. The molecule has 2 aromatic rings. The Hall–Kier alpha value is -1.000. The Labute approximate surface area is 128 Å². The van der Waals surface area contributed by atoms with Gasteiger partial charge in [0.2, 0.25) is 0 Å². The van der Waals surface area contributed by atoms with Gasteiger partial charge in [-0.25, -0.2) is 9.78 Å². The van der Waals surface area contributed by atoms with Crippen LogP contribution in [0.3, 0.4) is 0 Å². The number of carbonyl (C=O) groups is 1. The molecule has 0 unspecified atom stereocenters. The van der Waals surface area contributed by atoms with Gasteiger partial charge in [0.25, 0.3) is 0 Å². The van der Waals surface area contributed by atoms with Crippen LogP contribution in [0.1, 0.15) is 10.5 Å². The van der Waals surface area contributed by atoms with Crippen molar-refractivity contribution in [3.63, 3.8) is 0 Å². The van der Waals surface area contributed by atoms with Crippen molar-refractivity contribution in [3.05, 3.63) is 50.2 Å². The number of carboxylic acids is 1. The molecule has 7 heteroatoms. The molecular weight excluding hydrogens is 332 g/mol. The molecule has 0 amide bonds. The molecule has 1 N–H and O–H groups in total. The van der Waals surface area contributed by atoms with Crippen LogP contribution in [0.4, 0.5) is 0 Å². The van der Waals surface area contributed by atoms with E-state index in [9.17, 15) is 4.79 Å². The fourth-order valence-electron chi connectivity index (χ4n) is 1.59. The normalized spacial score (nSPS) is 10.5. The molecule has 0 bridgehead atoms. The van der Waals surface area contributed by atoms with E-state index in [-0.39, 0.29) is 36.9 Å². The van der Waals surface area contributed by atoms with Crippen molar-refractivity contribution < 1.29 is 9.90 Å². The van der Waals surface area contributed by atoms with Crippen molar-refractivity contribution in [2.75, 3.05) is 0 Å². The average Bonchev–Trinajstić information content (AvgIpc) is 2.37. The molecule has 1 heterocycles. The predicted octanol–water partition coefficient (Wildman–Crippen LogP) is 5.06. The second-order valence-electron chi connectivity index (χ2n) is 3.55. The third-order valence-corrected chi connectivity index (χ3v) is 3.97. The largest absolute Gasteiger partial charge is 0.476 e. The Balaban J connectivity index is 2.83. The minimum atomic E-state index is -1.20. The summed E-state index contributed by atoms with van der Waals surface area (Å²) in [7, 11) is 0. The van der Waals surface area contributed by atoms with E-state index in [1.54, 1.807) is 6.07 Å². The smallest absolute Gasteiger partial charge is 0.355 e. The Morgan fingerprint density at radius 2 is 1.68 bits per heavy atom. The van der Waals surface area contributed by atoms with Crippen LogP contribution in [0.5, 0.6) is 0 Å². The summed E-state index contributed by atoms with van der Waals surface area (Å²) in [6.07, 6.45) is 1.36. The van der Waals surface area contributed by atoms with Gasteiger partial charge in [0.15, 0.2) is 5.69 Å². The van der Waals surface area contributed by atoms with Crippen molar-refractivity contribution in [2.24, 2.45) is 0 Å². The number of aromatic carboxylic acids is 1. The van der Waals surface area contributed by atoms with Gasteiger partial charge in [-0.05, 0) is 12.1 Å². The summed E-state index contributed by atoms with van der Waals surface area (Å²) in [4.78, 5) is 15.0. The van der Waals surface area contributed by atoms with E-state index < -0.39 is 5.97 Å². The van der Waals surface area contributed by atoms with Gasteiger partial charge in [-0.3, -0.25) is 0 Å². The molecule has 0 atom stereocenters. The molecule has 3 nitrogen and oxygen atoms in total. The summed E-state index contributed by atoms with van der Waals surface area (Å²) < 4.78 is 0. The highest BCUT2D eigenvalue weighted by Gasteiger charge is 2.21. The fourth-order valence-corrected chi connectivity index (χ4v) is 2.60. The lowest BCUT2D eigenvalue weighted by atomic mass is 10.0. The van der Waals surface area contributed by atoms with Gasteiger partial charge < -0.3 is 5.11 Å². The van der Waals surface area contributed by atoms with Crippen molar-refractivity contribution in [3.8, 4) is 11.1 Å². The van der Waals surface area contributed by atoms with E-state index in [0.717, 1.165) is 0 Å². The topological polar surface area (TPSA) is 50.2 Å². The zero-order valence-corrected chi connectivity index (χ0v) is 12.1. The van der Waals surface area contributed by atoms with Crippen LogP contribution in [-0.4, -0.2) is 16.1 Å². The summed E-state index contributed by atoms with van der Waals surface area (Å²) >= 11 is 24.0. The first-order chi connectivity index (χ1) is 8.93. The number of hydrogen-bond donors (Lipinski definition) is 1. The minimum absolute atomic E-state index is 0.131. The van der Waals surface area contributed by atoms with E-state index in [1.165, 1.54) is 18.3 Å². The number of nitrogens with zero attached hydrogens (tertiary/aromatic N) is 1. The molecule has 1 aromatic carbocycles. The van der Waals surface area contributed by atoms with Gasteiger partial charge in [0, 0.05) is 17.3 Å². The maximum atomic E-state index is 11.2. The highest BCUT2D eigenvalue weighted by Crippen LogP contribution is 2.43. The average molecular weight is 337 g/mol. The Morgan fingerprint density at radius 3 is 2.21 bits per heavy atom. The van der Waals surface area contributed by atoms with Crippen LogP contribution in [0.15, 0.2) is 24.4 Å². The van der Waals surface area contributed by atoms with Crippen LogP contribution >= 0.6 is 46.4 Å². The van der Waals surface area contributed by atoms with Crippen LogP contribution in [-0.2, 0) is 0 Å². The number of hydrogen-bond acceptors (Lipinski definition) is 2. The summed E-state index contributed by atoms with van der Waals surface area (Å²) in [5.41, 5.74) is 0.338. The lowest BCUT2D eigenvalue weighted by Crippen LogP contribution is -2.03. The first kappa shape index (κ1) is 14.4. The molecule has 0 aliphatic rings. The molecule has 98 valence electrons. The molecular formula is C12H5Cl4NO2. The van der Waals surface area contributed by atoms with Gasteiger partial charge in [-0.1, -0.05) is 52.5 Å². The molecule has 0 fully saturated rings. The summed E-state index contributed by atoms with van der Waals surface area (Å²) in [5, 5.41) is 9.77. The van der Waals surface area contributed by atoms with E-state index in [0.29, 0.717) is 0 Å². The number of pyridine rings is 1.